The monoisotopic (exact) mass is 264 g/mol. The van der Waals surface area contributed by atoms with Crippen molar-refractivity contribution >= 4 is 22.8 Å². The molecule has 1 aromatic heterocycles. The molecule has 3 heteroatoms. The van der Waals surface area contributed by atoms with Gasteiger partial charge in [0.15, 0.2) is 5.88 Å². The van der Waals surface area contributed by atoms with E-state index in [1.54, 1.807) is 6.21 Å². The zero-order chi connectivity index (χ0) is 14.1. The molecule has 0 amide bonds. The number of fused-ring (bicyclic) bond motifs is 1. The van der Waals surface area contributed by atoms with Crippen LogP contribution < -0.4 is 0 Å². The van der Waals surface area contributed by atoms with E-state index in [1.165, 1.54) is 5.56 Å². The summed E-state index contributed by atoms with van der Waals surface area (Å²) in [4.78, 5) is 7.47. The molecule has 3 aromatic rings. The number of aryl methyl sites for hydroxylation is 2. The molecule has 0 spiro atoms. The first kappa shape index (κ1) is 12.5. The van der Waals surface area contributed by atoms with E-state index in [1.807, 2.05) is 44.2 Å². The number of rotatable bonds is 2. The first-order chi connectivity index (χ1) is 9.65. The Morgan fingerprint density at radius 2 is 1.90 bits per heavy atom. The quantitative estimate of drug-likeness (QED) is 0.668. The summed E-state index contributed by atoms with van der Waals surface area (Å²) in [6, 6.07) is 13.9. The molecule has 0 fully saturated rings. The average molecular weight is 264 g/mol. The van der Waals surface area contributed by atoms with Gasteiger partial charge >= 0.3 is 0 Å². The van der Waals surface area contributed by atoms with E-state index in [0.29, 0.717) is 0 Å². The van der Waals surface area contributed by atoms with Crippen molar-refractivity contribution in [3.05, 3.63) is 59.2 Å². The first-order valence-corrected chi connectivity index (χ1v) is 6.56. The number of hydrogen-bond donors (Lipinski definition) is 2. The third-order valence-electron chi connectivity index (χ3n) is 3.42. The van der Waals surface area contributed by atoms with Crippen molar-refractivity contribution in [2.75, 3.05) is 0 Å². The lowest BCUT2D eigenvalue weighted by atomic mass is 10.1. The molecule has 2 aromatic carbocycles. The smallest absolute Gasteiger partial charge is 0.198 e. The highest BCUT2D eigenvalue weighted by atomic mass is 16.3. The van der Waals surface area contributed by atoms with Gasteiger partial charge in [-0.25, -0.2) is 0 Å². The molecule has 0 aliphatic rings. The molecule has 0 unspecified atom stereocenters. The Morgan fingerprint density at radius 3 is 2.75 bits per heavy atom. The van der Waals surface area contributed by atoms with Gasteiger partial charge in [-0.15, -0.1) is 0 Å². The summed E-state index contributed by atoms with van der Waals surface area (Å²) in [6.07, 6.45) is 1.72. The third kappa shape index (κ3) is 2.18. The number of aromatic nitrogens is 1. The predicted octanol–water partition coefficient (Wildman–Crippen LogP) is 4.24. The van der Waals surface area contributed by atoms with E-state index < -0.39 is 0 Å². The zero-order valence-corrected chi connectivity index (χ0v) is 11.5. The van der Waals surface area contributed by atoms with E-state index >= 15 is 0 Å². The van der Waals surface area contributed by atoms with Crippen molar-refractivity contribution in [1.29, 1.82) is 0 Å². The molecule has 0 bridgehead atoms. The van der Waals surface area contributed by atoms with Gasteiger partial charge in [-0.1, -0.05) is 30.3 Å². The SMILES string of the molecule is Cc1ccc(C)c(N=Cc2c(O)[nH]c3ccccc23)c1. The average Bonchev–Trinajstić information content (AvgIpc) is 2.75. The Labute approximate surface area is 117 Å². The summed E-state index contributed by atoms with van der Waals surface area (Å²) in [5.41, 5.74) is 4.85. The molecule has 0 saturated carbocycles. The van der Waals surface area contributed by atoms with Gasteiger partial charge in [-0.2, -0.15) is 0 Å². The molecule has 20 heavy (non-hydrogen) atoms. The molecule has 0 radical (unpaired) electrons. The van der Waals surface area contributed by atoms with Crippen LogP contribution in [-0.2, 0) is 0 Å². The molecule has 0 aliphatic heterocycles. The van der Waals surface area contributed by atoms with Gasteiger partial charge in [0.1, 0.15) is 0 Å². The molecular weight excluding hydrogens is 248 g/mol. The molecule has 3 nitrogen and oxygen atoms in total. The molecule has 2 N–H and O–H groups in total. The normalized spacial score (nSPS) is 11.5. The molecule has 0 aliphatic carbocycles. The lowest BCUT2D eigenvalue weighted by Gasteiger charge is -2.01. The van der Waals surface area contributed by atoms with Crippen molar-refractivity contribution in [3.8, 4) is 5.88 Å². The number of aromatic hydroxyl groups is 1. The minimum atomic E-state index is 0.153. The van der Waals surface area contributed by atoms with Gasteiger partial charge in [-0.05, 0) is 37.1 Å². The van der Waals surface area contributed by atoms with Crippen LogP contribution in [0.4, 0.5) is 5.69 Å². The standard InChI is InChI=1S/C17H16N2O/c1-11-7-8-12(2)16(9-11)18-10-14-13-5-3-4-6-15(13)19-17(14)20/h3-10,19-20H,1-2H3. The maximum Gasteiger partial charge on any atom is 0.198 e. The fourth-order valence-corrected chi connectivity index (χ4v) is 2.27. The molecule has 100 valence electrons. The van der Waals surface area contributed by atoms with Crippen LogP contribution in [0, 0.1) is 13.8 Å². The number of benzene rings is 2. The predicted molar refractivity (Wildman–Crippen MR) is 83.1 cm³/mol. The fraction of sp³-hybridized carbons (Fsp3) is 0.118. The number of aromatic amines is 1. The van der Waals surface area contributed by atoms with Crippen LogP contribution in [-0.4, -0.2) is 16.3 Å². The van der Waals surface area contributed by atoms with E-state index in [0.717, 1.165) is 27.7 Å². The maximum absolute atomic E-state index is 9.99. The van der Waals surface area contributed by atoms with Crippen molar-refractivity contribution in [2.24, 2.45) is 4.99 Å². The van der Waals surface area contributed by atoms with Crippen molar-refractivity contribution in [3.63, 3.8) is 0 Å². The van der Waals surface area contributed by atoms with Crippen LogP contribution in [0.2, 0.25) is 0 Å². The van der Waals surface area contributed by atoms with Gasteiger partial charge in [-0.3, -0.25) is 4.99 Å². The van der Waals surface area contributed by atoms with E-state index in [-0.39, 0.29) is 5.88 Å². The summed E-state index contributed by atoms with van der Waals surface area (Å²) < 4.78 is 0. The van der Waals surface area contributed by atoms with Gasteiger partial charge in [0.05, 0.1) is 11.3 Å². The van der Waals surface area contributed by atoms with Crippen LogP contribution in [0.1, 0.15) is 16.7 Å². The van der Waals surface area contributed by atoms with Crippen LogP contribution in [0.25, 0.3) is 10.9 Å². The topological polar surface area (TPSA) is 48.4 Å². The summed E-state index contributed by atoms with van der Waals surface area (Å²) in [6.45, 7) is 4.07. The summed E-state index contributed by atoms with van der Waals surface area (Å²) in [5.74, 6) is 0.153. The highest BCUT2D eigenvalue weighted by Gasteiger charge is 2.07. The zero-order valence-electron chi connectivity index (χ0n) is 11.5. The largest absolute Gasteiger partial charge is 0.494 e. The van der Waals surface area contributed by atoms with Crippen LogP contribution in [0.3, 0.4) is 0 Å². The molecule has 0 atom stereocenters. The Kier molecular flexibility index (Phi) is 3.03. The molecule has 1 heterocycles. The lowest BCUT2D eigenvalue weighted by molar-refractivity contribution is 0.457. The van der Waals surface area contributed by atoms with Crippen molar-refractivity contribution in [2.45, 2.75) is 13.8 Å². The number of nitrogens with one attached hydrogen (secondary N) is 1. The minimum absolute atomic E-state index is 0.153. The molecule has 0 saturated heterocycles. The number of nitrogens with zero attached hydrogens (tertiary/aromatic N) is 1. The maximum atomic E-state index is 9.99. The lowest BCUT2D eigenvalue weighted by Crippen LogP contribution is -1.81. The van der Waals surface area contributed by atoms with Gasteiger partial charge in [0.25, 0.3) is 0 Å². The van der Waals surface area contributed by atoms with Crippen LogP contribution >= 0.6 is 0 Å². The highest BCUT2D eigenvalue weighted by molar-refractivity contribution is 6.02. The first-order valence-electron chi connectivity index (χ1n) is 6.56. The Balaban J connectivity index is 2.06. The van der Waals surface area contributed by atoms with Crippen LogP contribution in [0.15, 0.2) is 47.5 Å². The van der Waals surface area contributed by atoms with Gasteiger partial charge in [0.2, 0.25) is 0 Å². The second-order valence-electron chi connectivity index (χ2n) is 4.98. The highest BCUT2D eigenvalue weighted by Crippen LogP contribution is 2.26. The van der Waals surface area contributed by atoms with Gasteiger partial charge < -0.3 is 10.1 Å². The van der Waals surface area contributed by atoms with Gasteiger partial charge in [0, 0.05) is 17.1 Å². The Morgan fingerprint density at radius 1 is 1.10 bits per heavy atom. The molecule has 3 rings (SSSR count). The number of hydrogen-bond acceptors (Lipinski definition) is 2. The van der Waals surface area contributed by atoms with Crippen LogP contribution in [0.5, 0.6) is 5.88 Å². The Bertz CT molecular complexity index is 800. The fourth-order valence-electron chi connectivity index (χ4n) is 2.27. The number of aliphatic imine (C=N–C) groups is 1. The van der Waals surface area contributed by atoms with E-state index in [2.05, 4.69) is 22.1 Å². The minimum Gasteiger partial charge on any atom is -0.494 e. The third-order valence-corrected chi connectivity index (χ3v) is 3.42. The summed E-state index contributed by atoms with van der Waals surface area (Å²) >= 11 is 0. The second-order valence-corrected chi connectivity index (χ2v) is 4.98. The van der Waals surface area contributed by atoms with E-state index in [9.17, 15) is 5.11 Å². The second kappa shape index (κ2) is 4.85. The van der Waals surface area contributed by atoms with Crippen molar-refractivity contribution in [1.82, 2.24) is 4.98 Å². The number of H-pyrrole nitrogens is 1. The van der Waals surface area contributed by atoms with E-state index in [4.69, 9.17) is 0 Å². The number of para-hydroxylation sites is 1. The Hall–Kier alpha value is -2.55. The summed E-state index contributed by atoms with van der Waals surface area (Å²) in [7, 11) is 0. The summed E-state index contributed by atoms with van der Waals surface area (Å²) in [5, 5.41) is 11.0. The van der Waals surface area contributed by atoms with Crippen molar-refractivity contribution < 1.29 is 5.11 Å². The molecular formula is C17H16N2O.